The van der Waals surface area contributed by atoms with Gasteiger partial charge in [0.05, 0.1) is 23.2 Å². The maximum Gasteiger partial charge on any atom is 0.316 e. The minimum atomic E-state index is -3.39. The minimum Gasteiger partial charge on any atom is -0.483 e. The number of rotatable bonds is 7. The number of halogens is 2. The van der Waals surface area contributed by atoms with Gasteiger partial charge >= 0.3 is 5.56 Å². The van der Waals surface area contributed by atoms with E-state index in [1.807, 2.05) is 4.90 Å². The molecule has 12 heteroatoms. The van der Waals surface area contributed by atoms with Crippen molar-refractivity contribution in [3.8, 4) is 11.4 Å². The van der Waals surface area contributed by atoms with Gasteiger partial charge in [0.25, 0.3) is 0 Å². The van der Waals surface area contributed by atoms with Gasteiger partial charge in [-0.3, -0.25) is 4.79 Å². The van der Waals surface area contributed by atoms with Crippen LogP contribution in [0.3, 0.4) is 0 Å². The summed E-state index contributed by atoms with van der Waals surface area (Å²) in [5.74, 6) is -1.69. The number of hydrogen-bond acceptors (Lipinski definition) is 7. The van der Waals surface area contributed by atoms with Crippen molar-refractivity contribution < 1.29 is 26.7 Å². The quantitative estimate of drug-likeness (QED) is 0.576. The number of aromatic nitrogens is 2. The van der Waals surface area contributed by atoms with Gasteiger partial charge in [-0.2, -0.15) is 14.1 Å². The predicted octanol–water partition coefficient (Wildman–Crippen LogP) is 1.93. The van der Waals surface area contributed by atoms with Crippen LogP contribution in [0, 0.1) is 11.6 Å². The summed E-state index contributed by atoms with van der Waals surface area (Å²) in [5, 5.41) is 3.60. The van der Waals surface area contributed by atoms with Crippen molar-refractivity contribution >= 4 is 15.7 Å². The highest BCUT2D eigenvalue weighted by molar-refractivity contribution is 7.89. The van der Waals surface area contributed by atoms with Gasteiger partial charge < -0.3 is 14.4 Å². The molecule has 1 unspecified atom stereocenters. The van der Waals surface area contributed by atoms with Gasteiger partial charge in [-0.05, 0) is 38.8 Å². The zero-order chi connectivity index (χ0) is 24.5. The molecule has 1 atom stereocenters. The first-order valence-electron chi connectivity index (χ1n) is 11.2. The molecule has 2 aromatic rings. The third-order valence-corrected chi connectivity index (χ3v) is 8.26. The molecule has 1 aromatic carbocycles. The van der Waals surface area contributed by atoms with E-state index in [0.717, 1.165) is 29.7 Å². The summed E-state index contributed by atoms with van der Waals surface area (Å²) >= 11 is 0. The van der Waals surface area contributed by atoms with Gasteiger partial charge in [-0.1, -0.05) is 0 Å². The van der Waals surface area contributed by atoms with E-state index in [1.54, 1.807) is 13.8 Å². The number of benzene rings is 1. The van der Waals surface area contributed by atoms with Crippen LogP contribution < -0.4 is 15.2 Å². The number of sulfonamides is 1. The zero-order valence-corrected chi connectivity index (χ0v) is 19.9. The molecule has 0 bridgehead atoms. The summed E-state index contributed by atoms with van der Waals surface area (Å²) in [7, 11) is -3.39. The van der Waals surface area contributed by atoms with Crippen molar-refractivity contribution in [2.24, 2.45) is 0 Å². The average molecular weight is 499 g/mol. The SMILES string of the molecule is CC(C)S(=O)(=O)N1CCN(c2cnn(-c3cc(F)cc(F)c3)c(=O)c2OCC2CCCO2)CC1. The lowest BCUT2D eigenvalue weighted by atomic mass is 10.2. The molecule has 2 aliphatic heterocycles. The van der Waals surface area contributed by atoms with E-state index in [1.165, 1.54) is 10.5 Å². The molecule has 0 N–H and O–H groups in total. The second-order valence-electron chi connectivity index (χ2n) is 8.63. The normalized spacial score (nSPS) is 19.7. The topological polar surface area (TPSA) is 94.0 Å². The van der Waals surface area contributed by atoms with E-state index >= 15 is 0 Å². The van der Waals surface area contributed by atoms with Crippen LogP contribution in [0.4, 0.5) is 14.5 Å². The van der Waals surface area contributed by atoms with Crippen LogP contribution in [-0.2, 0) is 14.8 Å². The lowest BCUT2D eigenvalue weighted by Gasteiger charge is -2.36. The van der Waals surface area contributed by atoms with Crippen molar-refractivity contribution in [3.63, 3.8) is 0 Å². The average Bonchev–Trinajstić information content (AvgIpc) is 3.31. The van der Waals surface area contributed by atoms with Crippen molar-refractivity contribution in [1.82, 2.24) is 14.1 Å². The Hall–Kier alpha value is -2.57. The van der Waals surface area contributed by atoms with Crippen LogP contribution in [0.5, 0.6) is 5.75 Å². The van der Waals surface area contributed by atoms with Crippen LogP contribution in [0.1, 0.15) is 26.7 Å². The van der Waals surface area contributed by atoms with E-state index in [-0.39, 0.29) is 37.2 Å². The van der Waals surface area contributed by atoms with Gasteiger partial charge in [-0.15, -0.1) is 0 Å². The fourth-order valence-electron chi connectivity index (χ4n) is 4.07. The van der Waals surface area contributed by atoms with Gasteiger partial charge in [0.2, 0.25) is 15.8 Å². The van der Waals surface area contributed by atoms with E-state index < -0.39 is 32.5 Å². The highest BCUT2D eigenvalue weighted by Gasteiger charge is 2.31. The van der Waals surface area contributed by atoms with Crippen LogP contribution >= 0.6 is 0 Å². The van der Waals surface area contributed by atoms with E-state index in [2.05, 4.69) is 5.10 Å². The fourth-order valence-corrected chi connectivity index (χ4v) is 5.34. The molecule has 1 aromatic heterocycles. The number of piperazine rings is 1. The first kappa shape index (κ1) is 24.6. The summed E-state index contributed by atoms with van der Waals surface area (Å²) in [6.07, 6.45) is 2.95. The van der Waals surface area contributed by atoms with Crippen LogP contribution in [0.25, 0.3) is 5.69 Å². The third kappa shape index (κ3) is 5.08. The van der Waals surface area contributed by atoms with E-state index in [4.69, 9.17) is 9.47 Å². The molecular weight excluding hydrogens is 470 g/mol. The van der Waals surface area contributed by atoms with Crippen LogP contribution in [0.2, 0.25) is 0 Å². The van der Waals surface area contributed by atoms with Crippen molar-refractivity contribution in [2.75, 3.05) is 44.3 Å². The summed E-state index contributed by atoms with van der Waals surface area (Å²) < 4.78 is 66.3. The Morgan fingerprint density at radius 3 is 2.41 bits per heavy atom. The Kier molecular flexibility index (Phi) is 7.20. The molecule has 0 amide bonds. The molecule has 2 aliphatic rings. The number of ether oxygens (including phenoxy) is 2. The number of nitrogens with zero attached hydrogens (tertiary/aromatic N) is 4. The lowest BCUT2D eigenvalue weighted by Crippen LogP contribution is -2.50. The molecule has 0 aliphatic carbocycles. The number of hydrogen-bond donors (Lipinski definition) is 0. The molecule has 9 nitrogen and oxygen atoms in total. The minimum absolute atomic E-state index is 0.0182. The molecule has 0 spiro atoms. The van der Waals surface area contributed by atoms with Crippen molar-refractivity contribution in [3.05, 3.63) is 46.4 Å². The van der Waals surface area contributed by atoms with Gasteiger partial charge in [0.1, 0.15) is 23.9 Å². The Labute approximate surface area is 196 Å². The Bertz CT molecular complexity index is 1170. The predicted molar refractivity (Wildman–Crippen MR) is 122 cm³/mol. The first-order chi connectivity index (χ1) is 16.2. The van der Waals surface area contributed by atoms with Gasteiger partial charge in [-0.25, -0.2) is 17.2 Å². The van der Waals surface area contributed by atoms with Gasteiger partial charge in [0.15, 0.2) is 0 Å². The monoisotopic (exact) mass is 498 g/mol. The molecule has 0 saturated carbocycles. The summed E-state index contributed by atoms with van der Waals surface area (Å²) in [4.78, 5) is 15.2. The maximum atomic E-state index is 13.8. The Balaban J connectivity index is 1.65. The molecular formula is C22H28F2N4O5S. The molecule has 186 valence electrons. The summed E-state index contributed by atoms with van der Waals surface area (Å²) in [6, 6.07) is 2.73. The maximum absolute atomic E-state index is 13.8. The van der Waals surface area contributed by atoms with E-state index in [0.29, 0.717) is 31.5 Å². The smallest absolute Gasteiger partial charge is 0.316 e. The largest absolute Gasteiger partial charge is 0.483 e. The number of anilines is 1. The molecule has 34 heavy (non-hydrogen) atoms. The van der Waals surface area contributed by atoms with Crippen molar-refractivity contribution in [1.29, 1.82) is 0 Å². The Morgan fingerprint density at radius 2 is 1.82 bits per heavy atom. The molecule has 0 radical (unpaired) electrons. The second-order valence-corrected chi connectivity index (χ2v) is 11.1. The lowest BCUT2D eigenvalue weighted by molar-refractivity contribution is 0.0673. The molecule has 2 saturated heterocycles. The third-order valence-electron chi connectivity index (χ3n) is 5.98. The molecule has 3 heterocycles. The molecule has 2 fully saturated rings. The second kappa shape index (κ2) is 9.96. The fraction of sp³-hybridized carbons (Fsp3) is 0.545. The Morgan fingerprint density at radius 1 is 1.15 bits per heavy atom. The highest BCUT2D eigenvalue weighted by Crippen LogP contribution is 2.27. The van der Waals surface area contributed by atoms with Gasteiger partial charge in [0, 0.05) is 38.9 Å². The van der Waals surface area contributed by atoms with Crippen molar-refractivity contribution in [2.45, 2.75) is 38.0 Å². The zero-order valence-electron chi connectivity index (χ0n) is 19.1. The summed E-state index contributed by atoms with van der Waals surface area (Å²) in [6.45, 7) is 5.22. The van der Waals surface area contributed by atoms with E-state index in [9.17, 15) is 22.0 Å². The van der Waals surface area contributed by atoms with Crippen LogP contribution in [-0.4, -0.2) is 73.3 Å². The highest BCUT2D eigenvalue weighted by atomic mass is 32.2. The molecule has 4 rings (SSSR count). The first-order valence-corrected chi connectivity index (χ1v) is 12.7. The standard InChI is InChI=1S/C22H28F2N4O5S/c1-15(2)34(30,31)27-7-5-26(6-8-27)20-13-25-28(18-11-16(23)10-17(24)12-18)22(29)21(20)33-14-19-4-3-9-32-19/h10-13,15,19H,3-9,14H2,1-2H3. The van der Waals surface area contributed by atoms with Crippen LogP contribution in [0.15, 0.2) is 29.2 Å². The summed E-state index contributed by atoms with van der Waals surface area (Å²) in [5.41, 5.74) is -0.334.